The summed E-state index contributed by atoms with van der Waals surface area (Å²) in [6.45, 7) is 0.468. The van der Waals surface area contributed by atoms with E-state index in [1.54, 1.807) is 0 Å². The van der Waals surface area contributed by atoms with Gasteiger partial charge in [0.1, 0.15) is 0 Å². The van der Waals surface area contributed by atoms with Crippen molar-refractivity contribution in [3.05, 3.63) is 35.1 Å². The lowest BCUT2D eigenvalue weighted by Gasteiger charge is -2.30. The molecule has 1 fully saturated rings. The van der Waals surface area contributed by atoms with Crippen LogP contribution >= 0.6 is 15.9 Å². The van der Waals surface area contributed by atoms with Crippen molar-refractivity contribution in [1.82, 2.24) is 5.32 Å². The molecule has 1 aromatic carbocycles. The number of halogens is 4. The first-order chi connectivity index (χ1) is 10.0. The number of nitrogens with one attached hydrogen (secondary N) is 1. The average Bonchev–Trinajstić information content (AvgIpc) is 2.49. The van der Waals surface area contributed by atoms with Gasteiger partial charge in [0.05, 0.1) is 0 Å². The SMILES string of the molecule is O=C(NCC1CCCCC1CBr)c1cc(F)c(F)c(F)c1. The van der Waals surface area contributed by atoms with E-state index >= 15 is 0 Å². The first kappa shape index (κ1) is 16.3. The second kappa shape index (κ2) is 7.29. The standard InChI is InChI=1S/C15H17BrF3NO/c16-7-9-3-1-2-4-10(9)8-20-15(21)11-5-12(17)14(19)13(18)6-11/h5-6,9-10H,1-4,7-8H2,(H,20,21). The maximum Gasteiger partial charge on any atom is 0.251 e. The molecule has 1 N–H and O–H groups in total. The molecule has 1 saturated carbocycles. The minimum atomic E-state index is -1.56. The molecule has 2 rings (SSSR count). The highest BCUT2D eigenvalue weighted by Crippen LogP contribution is 2.30. The highest BCUT2D eigenvalue weighted by molar-refractivity contribution is 9.09. The second-order valence-corrected chi connectivity index (χ2v) is 6.07. The lowest BCUT2D eigenvalue weighted by Crippen LogP contribution is -2.35. The van der Waals surface area contributed by atoms with E-state index in [0.717, 1.165) is 36.7 Å². The Morgan fingerprint density at radius 1 is 1.14 bits per heavy atom. The number of hydrogen-bond acceptors (Lipinski definition) is 1. The van der Waals surface area contributed by atoms with Gasteiger partial charge in [-0.05, 0) is 36.8 Å². The normalized spacial score (nSPS) is 22.1. The molecule has 1 amide bonds. The van der Waals surface area contributed by atoms with Gasteiger partial charge in [-0.1, -0.05) is 28.8 Å². The number of rotatable bonds is 4. The maximum atomic E-state index is 13.1. The van der Waals surface area contributed by atoms with Gasteiger partial charge in [-0.25, -0.2) is 13.2 Å². The third-order valence-electron chi connectivity index (χ3n) is 4.04. The van der Waals surface area contributed by atoms with Crippen LogP contribution in [0.4, 0.5) is 13.2 Å². The number of hydrogen-bond donors (Lipinski definition) is 1. The molecule has 1 aliphatic rings. The Morgan fingerprint density at radius 3 is 2.29 bits per heavy atom. The second-order valence-electron chi connectivity index (χ2n) is 5.42. The van der Waals surface area contributed by atoms with Crippen LogP contribution in [-0.2, 0) is 0 Å². The minimum Gasteiger partial charge on any atom is -0.352 e. The fraction of sp³-hybridized carbons (Fsp3) is 0.533. The van der Waals surface area contributed by atoms with Gasteiger partial charge in [0.15, 0.2) is 17.5 Å². The number of alkyl halides is 1. The molecule has 2 nitrogen and oxygen atoms in total. The third-order valence-corrected chi connectivity index (χ3v) is 4.87. The Balaban J connectivity index is 1.98. The number of benzene rings is 1. The van der Waals surface area contributed by atoms with Gasteiger partial charge in [-0.3, -0.25) is 4.79 Å². The highest BCUT2D eigenvalue weighted by atomic mass is 79.9. The monoisotopic (exact) mass is 363 g/mol. The summed E-state index contributed by atoms with van der Waals surface area (Å²) in [7, 11) is 0. The van der Waals surface area contributed by atoms with Crippen LogP contribution in [0.25, 0.3) is 0 Å². The summed E-state index contributed by atoms with van der Waals surface area (Å²) in [6.07, 6.45) is 4.47. The number of amides is 1. The quantitative estimate of drug-likeness (QED) is 0.634. The van der Waals surface area contributed by atoms with E-state index in [4.69, 9.17) is 0 Å². The molecule has 116 valence electrons. The Kier molecular flexibility index (Phi) is 5.67. The molecule has 0 bridgehead atoms. The van der Waals surface area contributed by atoms with Crippen molar-refractivity contribution < 1.29 is 18.0 Å². The number of carbonyl (C=O) groups excluding carboxylic acids is 1. The van der Waals surface area contributed by atoms with Gasteiger partial charge in [-0.2, -0.15) is 0 Å². The van der Waals surface area contributed by atoms with Gasteiger partial charge in [0.2, 0.25) is 0 Å². The highest BCUT2D eigenvalue weighted by Gasteiger charge is 2.25. The van der Waals surface area contributed by atoms with Crippen molar-refractivity contribution in [3.63, 3.8) is 0 Å². The molecule has 2 unspecified atom stereocenters. The first-order valence-corrected chi connectivity index (χ1v) is 8.13. The Hall–Kier alpha value is -1.04. The molecule has 1 aromatic rings. The maximum absolute atomic E-state index is 13.1. The summed E-state index contributed by atoms with van der Waals surface area (Å²) in [4.78, 5) is 11.9. The van der Waals surface area contributed by atoms with Crippen LogP contribution in [0.1, 0.15) is 36.0 Å². The first-order valence-electron chi connectivity index (χ1n) is 7.01. The molecule has 0 spiro atoms. The molecule has 6 heteroatoms. The molecule has 21 heavy (non-hydrogen) atoms. The fourth-order valence-corrected chi connectivity index (χ4v) is 3.62. The summed E-state index contributed by atoms with van der Waals surface area (Å²) < 4.78 is 39.1. The molecule has 0 heterocycles. The Labute approximate surface area is 130 Å². The van der Waals surface area contributed by atoms with Gasteiger partial charge in [-0.15, -0.1) is 0 Å². The lowest BCUT2D eigenvalue weighted by molar-refractivity contribution is 0.0936. The van der Waals surface area contributed by atoms with Crippen LogP contribution < -0.4 is 5.32 Å². The summed E-state index contributed by atoms with van der Waals surface area (Å²) in [5.41, 5.74) is -0.197. The van der Waals surface area contributed by atoms with E-state index in [1.165, 1.54) is 6.42 Å². The minimum absolute atomic E-state index is 0.197. The van der Waals surface area contributed by atoms with Gasteiger partial charge in [0, 0.05) is 17.4 Å². The lowest BCUT2D eigenvalue weighted by atomic mass is 9.80. The van der Waals surface area contributed by atoms with E-state index in [9.17, 15) is 18.0 Å². The molecule has 0 aromatic heterocycles. The molecular formula is C15H17BrF3NO. The van der Waals surface area contributed by atoms with Crippen LogP contribution in [-0.4, -0.2) is 17.8 Å². The molecule has 1 aliphatic carbocycles. The van der Waals surface area contributed by atoms with Crippen molar-refractivity contribution in [2.75, 3.05) is 11.9 Å². The van der Waals surface area contributed by atoms with Gasteiger partial charge in [0.25, 0.3) is 5.91 Å². The predicted molar refractivity (Wildman–Crippen MR) is 77.9 cm³/mol. The zero-order chi connectivity index (χ0) is 15.4. The molecule has 0 aliphatic heterocycles. The van der Waals surface area contributed by atoms with Crippen molar-refractivity contribution in [3.8, 4) is 0 Å². The molecule has 2 atom stereocenters. The summed E-state index contributed by atoms with van der Waals surface area (Å²) in [5, 5.41) is 3.57. The average molecular weight is 364 g/mol. The van der Waals surface area contributed by atoms with E-state index in [1.807, 2.05) is 0 Å². The van der Waals surface area contributed by atoms with Crippen LogP contribution in [0.3, 0.4) is 0 Å². The number of carbonyl (C=O) groups is 1. The zero-order valence-corrected chi connectivity index (χ0v) is 13.1. The fourth-order valence-electron chi connectivity index (χ4n) is 2.77. The topological polar surface area (TPSA) is 29.1 Å². The van der Waals surface area contributed by atoms with Crippen LogP contribution in [0, 0.1) is 29.3 Å². The van der Waals surface area contributed by atoms with Crippen LogP contribution in [0.15, 0.2) is 12.1 Å². The summed E-state index contributed by atoms with van der Waals surface area (Å²) in [6, 6.07) is 1.44. The van der Waals surface area contributed by atoms with E-state index < -0.39 is 23.4 Å². The largest absolute Gasteiger partial charge is 0.352 e. The zero-order valence-electron chi connectivity index (χ0n) is 11.5. The van der Waals surface area contributed by atoms with E-state index in [0.29, 0.717) is 18.4 Å². The molecular weight excluding hydrogens is 347 g/mol. The van der Waals surface area contributed by atoms with Crippen molar-refractivity contribution in [2.45, 2.75) is 25.7 Å². The smallest absolute Gasteiger partial charge is 0.251 e. The Morgan fingerprint density at radius 2 is 1.71 bits per heavy atom. The third kappa shape index (κ3) is 3.99. The van der Waals surface area contributed by atoms with E-state index in [2.05, 4.69) is 21.2 Å². The van der Waals surface area contributed by atoms with Crippen molar-refractivity contribution in [2.24, 2.45) is 11.8 Å². The summed E-state index contributed by atoms with van der Waals surface area (Å²) >= 11 is 3.48. The predicted octanol–water partition coefficient (Wildman–Crippen LogP) is 4.04. The summed E-state index contributed by atoms with van der Waals surface area (Å²) in [5.74, 6) is -3.98. The molecule has 0 radical (unpaired) electrons. The van der Waals surface area contributed by atoms with E-state index in [-0.39, 0.29) is 5.56 Å². The van der Waals surface area contributed by atoms with Crippen LogP contribution in [0.2, 0.25) is 0 Å². The van der Waals surface area contributed by atoms with Gasteiger partial charge >= 0.3 is 0 Å². The Bertz CT molecular complexity index is 501. The van der Waals surface area contributed by atoms with Crippen LogP contribution in [0.5, 0.6) is 0 Å². The molecule has 0 saturated heterocycles. The van der Waals surface area contributed by atoms with Gasteiger partial charge < -0.3 is 5.32 Å². The van der Waals surface area contributed by atoms with Crippen molar-refractivity contribution in [1.29, 1.82) is 0 Å². The van der Waals surface area contributed by atoms with Crippen molar-refractivity contribution >= 4 is 21.8 Å².